The fraction of sp³-hybridized carbons (Fsp3) is 0.394. The molecule has 2 aliphatic rings. The number of alkyl halides is 2. The van der Waals surface area contributed by atoms with E-state index in [1.54, 1.807) is 19.0 Å². The monoisotopic (exact) mass is 754 g/mol. The van der Waals surface area contributed by atoms with E-state index in [0.29, 0.717) is 22.6 Å². The predicted molar refractivity (Wildman–Crippen MR) is 181 cm³/mol. The van der Waals surface area contributed by atoms with Crippen molar-refractivity contribution in [2.24, 2.45) is 5.92 Å². The van der Waals surface area contributed by atoms with Gasteiger partial charge in [0, 0.05) is 31.9 Å². The molecule has 1 fully saturated rings. The van der Waals surface area contributed by atoms with Gasteiger partial charge in [-0.05, 0) is 74.3 Å². The number of hydrogen-bond donors (Lipinski definition) is 0. The number of aromatic nitrogens is 1. The van der Waals surface area contributed by atoms with Crippen molar-refractivity contribution in [1.29, 1.82) is 0 Å². The average Bonchev–Trinajstić information content (AvgIpc) is 3.84. The number of amides is 2. The number of pyridine rings is 1. The Bertz CT molecular complexity index is 1870. The van der Waals surface area contributed by atoms with Gasteiger partial charge >= 0.3 is 12.6 Å². The molecular weight excluding hydrogens is 721 g/mol. The Hall–Kier alpha value is -4.05. The zero-order valence-electron chi connectivity index (χ0n) is 27.3. The second-order valence-electron chi connectivity index (χ2n) is 12.2. The van der Waals surface area contributed by atoms with E-state index in [4.69, 9.17) is 32.7 Å². The van der Waals surface area contributed by atoms with E-state index in [2.05, 4.69) is 9.72 Å². The fourth-order valence-electron chi connectivity index (χ4n) is 5.25. The minimum Gasteiger partial charge on any atom is -0.489 e. The maximum absolute atomic E-state index is 13.5. The van der Waals surface area contributed by atoms with E-state index in [9.17, 15) is 31.6 Å². The molecule has 50 heavy (non-hydrogen) atoms. The Balaban J connectivity index is 1.40. The number of benzene rings is 2. The molecule has 1 aliphatic carbocycles. The predicted octanol–water partition coefficient (Wildman–Crippen LogP) is 5.23. The normalized spacial score (nSPS) is 15.0. The lowest BCUT2D eigenvalue weighted by molar-refractivity contribution is -0.149. The summed E-state index contributed by atoms with van der Waals surface area (Å²) in [6, 6.07) is 8.16. The van der Waals surface area contributed by atoms with Crippen LogP contribution in [0.4, 0.5) is 14.5 Å². The molecule has 0 saturated heterocycles. The van der Waals surface area contributed by atoms with Gasteiger partial charge < -0.3 is 19.1 Å². The smallest absolute Gasteiger partial charge is 0.387 e. The summed E-state index contributed by atoms with van der Waals surface area (Å²) in [6.07, 6.45) is 4.38. The number of carbonyl (C=O) groups is 3. The first-order valence-corrected chi connectivity index (χ1v) is 18.0. The molecular formula is C33H34Cl2F2N4O8S. The van der Waals surface area contributed by atoms with E-state index < -0.39 is 47.1 Å². The van der Waals surface area contributed by atoms with Crippen LogP contribution in [0.2, 0.25) is 10.0 Å². The van der Waals surface area contributed by atoms with Crippen LogP contribution in [-0.4, -0.2) is 94.2 Å². The van der Waals surface area contributed by atoms with Gasteiger partial charge in [-0.2, -0.15) is 8.78 Å². The van der Waals surface area contributed by atoms with E-state index in [-0.39, 0.29) is 63.8 Å². The Kier molecular flexibility index (Phi) is 11.5. The lowest BCUT2D eigenvalue weighted by atomic mass is 10.0. The quantitative estimate of drug-likeness (QED) is 0.141. The third-order valence-electron chi connectivity index (χ3n) is 8.02. The van der Waals surface area contributed by atoms with Gasteiger partial charge in [-0.25, -0.2) is 8.42 Å². The maximum atomic E-state index is 13.5. The first-order valence-electron chi connectivity index (χ1n) is 15.4. The summed E-state index contributed by atoms with van der Waals surface area (Å²) in [5, 5.41) is 0.345. The van der Waals surface area contributed by atoms with Crippen molar-refractivity contribution >= 4 is 56.7 Å². The van der Waals surface area contributed by atoms with Gasteiger partial charge in [0.15, 0.2) is 11.5 Å². The summed E-state index contributed by atoms with van der Waals surface area (Å²) < 4.78 is 68.9. The van der Waals surface area contributed by atoms with Crippen molar-refractivity contribution in [3.05, 3.63) is 81.1 Å². The van der Waals surface area contributed by atoms with Gasteiger partial charge in [0.1, 0.15) is 12.6 Å². The van der Waals surface area contributed by atoms with Crippen molar-refractivity contribution in [1.82, 2.24) is 14.8 Å². The summed E-state index contributed by atoms with van der Waals surface area (Å²) >= 11 is 12.7. The third-order valence-corrected chi connectivity index (χ3v) is 9.87. The minimum absolute atomic E-state index is 0.00698. The van der Waals surface area contributed by atoms with E-state index in [1.165, 1.54) is 48.8 Å². The van der Waals surface area contributed by atoms with Crippen LogP contribution in [0.5, 0.6) is 11.5 Å². The third kappa shape index (κ3) is 8.99. The molecule has 2 amide bonds. The number of halogens is 4. The van der Waals surface area contributed by atoms with Gasteiger partial charge in [-0.3, -0.25) is 28.6 Å². The molecule has 0 unspecified atom stereocenters. The van der Waals surface area contributed by atoms with E-state index >= 15 is 0 Å². The van der Waals surface area contributed by atoms with Crippen molar-refractivity contribution < 1.29 is 45.8 Å². The first-order chi connectivity index (χ1) is 23.6. The minimum atomic E-state index is -3.74. The Morgan fingerprint density at radius 3 is 2.30 bits per heavy atom. The van der Waals surface area contributed by atoms with Gasteiger partial charge in [0.2, 0.25) is 10.0 Å². The number of fused-ring (bicyclic) bond motifs is 1. The standard InChI is InChI=1S/C33H34Cl2F2N4O8S/c1-39(2)10-11-41(50(3,45)46)21-7-8-22-23(13-21)32(44)40(31(22)43)17-30(42)48-28(14-24-25(34)15-38-16-26(24)35)20-6-9-27(49-33(36)37)29(12-20)47-18-19-4-5-19/h6-9,12-13,15-16,19,28,33H,4-5,10-11,14,17-18H2,1-3H3/t28-/m0/s1. The van der Waals surface area contributed by atoms with Crippen LogP contribution in [0.3, 0.4) is 0 Å². The largest absolute Gasteiger partial charge is 0.489 e. The Morgan fingerprint density at radius 2 is 1.68 bits per heavy atom. The summed E-state index contributed by atoms with van der Waals surface area (Å²) in [5.74, 6) is -2.49. The van der Waals surface area contributed by atoms with Crippen LogP contribution in [0.25, 0.3) is 0 Å². The molecule has 1 atom stereocenters. The highest BCUT2D eigenvalue weighted by molar-refractivity contribution is 7.92. The number of likely N-dealkylation sites (N-methyl/N-ethyl adjacent to an activating group) is 1. The number of sulfonamides is 1. The van der Waals surface area contributed by atoms with Gasteiger partial charge in [-0.1, -0.05) is 29.3 Å². The fourth-order valence-corrected chi connectivity index (χ4v) is 6.68. The van der Waals surface area contributed by atoms with Crippen molar-refractivity contribution in [2.45, 2.75) is 32.0 Å². The molecule has 2 aromatic carbocycles. The van der Waals surface area contributed by atoms with Crippen molar-refractivity contribution in [3.8, 4) is 11.5 Å². The maximum Gasteiger partial charge on any atom is 0.387 e. The summed E-state index contributed by atoms with van der Waals surface area (Å²) in [4.78, 5) is 46.7. The first kappa shape index (κ1) is 37.2. The van der Waals surface area contributed by atoms with E-state index in [1.807, 2.05) is 0 Å². The molecule has 268 valence electrons. The number of rotatable bonds is 16. The molecule has 17 heteroatoms. The van der Waals surface area contributed by atoms with Crippen LogP contribution >= 0.6 is 23.2 Å². The van der Waals surface area contributed by atoms with Gasteiger partial charge in [0.25, 0.3) is 11.8 Å². The molecule has 0 N–H and O–H groups in total. The highest BCUT2D eigenvalue weighted by atomic mass is 35.5. The summed E-state index contributed by atoms with van der Waals surface area (Å²) in [7, 11) is -0.170. The topological polar surface area (TPSA) is 136 Å². The van der Waals surface area contributed by atoms with Gasteiger partial charge in [0.05, 0.1) is 39.7 Å². The number of ether oxygens (including phenoxy) is 3. The van der Waals surface area contributed by atoms with Crippen LogP contribution in [0.1, 0.15) is 50.8 Å². The highest BCUT2D eigenvalue weighted by Crippen LogP contribution is 2.38. The number of nitrogens with zero attached hydrogens (tertiary/aromatic N) is 4. The molecule has 0 radical (unpaired) electrons. The average molecular weight is 756 g/mol. The molecule has 0 spiro atoms. The number of hydrogen-bond acceptors (Lipinski definition) is 10. The van der Waals surface area contributed by atoms with E-state index in [0.717, 1.165) is 23.4 Å². The zero-order valence-corrected chi connectivity index (χ0v) is 29.6. The summed E-state index contributed by atoms with van der Waals surface area (Å²) in [6.45, 7) is -3.14. The molecule has 1 aromatic heterocycles. The van der Waals surface area contributed by atoms with Crippen molar-refractivity contribution in [3.63, 3.8) is 0 Å². The molecule has 12 nitrogen and oxygen atoms in total. The van der Waals surface area contributed by atoms with Crippen LogP contribution in [0.15, 0.2) is 48.8 Å². The Labute approximate surface area is 297 Å². The van der Waals surface area contributed by atoms with Crippen LogP contribution < -0.4 is 13.8 Å². The molecule has 5 rings (SSSR count). The van der Waals surface area contributed by atoms with Crippen LogP contribution in [0, 0.1) is 5.92 Å². The molecule has 3 aromatic rings. The Morgan fingerprint density at radius 1 is 1.00 bits per heavy atom. The number of esters is 1. The molecule has 2 heterocycles. The lowest BCUT2D eigenvalue weighted by Gasteiger charge is -2.24. The number of imide groups is 1. The zero-order chi connectivity index (χ0) is 36.3. The highest BCUT2D eigenvalue weighted by Gasteiger charge is 2.38. The molecule has 1 aliphatic heterocycles. The second-order valence-corrected chi connectivity index (χ2v) is 14.9. The van der Waals surface area contributed by atoms with Crippen LogP contribution in [-0.2, 0) is 26.0 Å². The SMILES string of the molecule is CN(C)CCN(c1ccc2c(c1)C(=O)N(CC(=O)O[C@@H](Cc1c(Cl)cncc1Cl)c1ccc(OC(F)F)c(OCC3CC3)c1)C2=O)S(C)(=O)=O. The molecule has 1 saturated carbocycles. The lowest BCUT2D eigenvalue weighted by Crippen LogP contribution is -2.36. The summed E-state index contributed by atoms with van der Waals surface area (Å²) in [5.41, 5.74) is 0.779. The molecule has 0 bridgehead atoms. The number of anilines is 1. The van der Waals surface area contributed by atoms with Crippen molar-refractivity contribution in [2.75, 3.05) is 50.9 Å². The van der Waals surface area contributed by atoms with Gasteiger partial charge in [-0.15, -0.1) is 0 Å². The number of carbonyl (C=O) groups excluding carboxylic acids is 3. The second kappa shape index (κ2) is 15.5.